The molecule has 4 rings (SSSR count). The van der Waals surface area contributed by atoms with Gasteiger partial charge in [0.2, 0.25) is 0 Å². The van der Waals surface area contributed by atoms with Crippen LogP contribution in [0.5, 0.6) is 0 Å². The summed E-state index contributed by atoms with van der Waals surface area (Å²) < 4.78 is 8.67. The summed E-state index contributed by atoms with van der Waals surface area (Å²) in [5, 5.41) is 3.71. The van der Waals surface area contributed by atoms with Crippen LogP contribution in [0, 0.1) is 0 Å². The van der Waals surface area contributed by atoms with Gasteiger partial charge < -0.3 is 15.0 Å². The molecule has 0 spiro atoms. The monoisotopic (exact) mass is 384 g/mol. The average Bonchev–Trinajstić information content (AvgIpc) is 3.14. The zero-order valence-electron chi connectivity index (χ0n) is 16.5. The molecule has 1 aromatic carbocycles. The van der Waals surface area contributed by atoms with Gasteiger partial charge in [0.05, 0.1) is 12.7 Å². The van der Waals surface area contributed by atoms with Crippen LogP contribution in [-0.2, 0) is 25.4 Å². The van der Waals surface area contributed by atoms with Gasteiger partial charge in [-0.05, 0) is 24.8 Å². The van der Waals surface area contributed by atoms with E-state index in [0.717, 1.165) is 36.9 Å². The van der Waals surface area contributed by atoms with Gasteiger partial charge in [0, 0.05) is 45.3 Å². The van der Waals surface area contributed by atoms with E-state index in [1.807, 2.05) is 18.2 Å². The van der Waals surface area contributed by atoms with Crippen LogP contribution < -0.4 is 21.5 Å². The maximum absolute atomic E-state index is 12.2. The van der Waals surface area contributed by atoms with Crippen LogP contribution in [0.25, 0.3) is 0 Å². The number of nitrogens with zero attached hydrogens (tertiary/aromatic N) is 3. The van der Waals surface area contributed by atoms with Crippen LogP contribution in [0.4, 0.5) is 5.82 Å². The Hall–Kier alpha value is -2.38. The predicted molar refractivity (Wildman–Crippen MR) is 109 cm³/mol. The molecule has 1 aliphatic carbocycles. The molecule has 0 unspecified atom stereocenters. The minimum atomic E-state index is -0.281. The molecule has 1 aromatic heterocycles. The summed E-state index contributed by atoms with van der Waals surface area (Å²) >= 11 is 0. The maximum atomic E-state index is 12.2. The predicted octanol–water partition coefficient (Wildman–Crippen LogP) is 1.00. The van der Waals surface area contributed by atoms with E-state index in [0.29, 0.717) is 30.6 Å². The maximum Gasteiger partial charge on any atom is 0.332 e. The van der Waals surface area contributed by atoms with Crippen LogP contribution in [-0.4, -0.2) is 40.4 Å². The van der Waals surface area contributed by atoms with Crippen molar-refractivity contribution < 1.29 is 4.74 Å². The van der Waals surface area contributed by atoms with Gasteiger partial charge in [0.15, 0.2) is 0 Å². The van der Waals surface area contributed by atoms with E-state index in [2.05, 4.69) is 22.3 Å². The Labute approximate surface area is 164 Å². The molecule has 2 fully saturated rings. The molecule has 1 N–H and O–H groups in total. The lowest BCUT2D eigenvalue weighted by atomic mass is 9.88. The molecule has 1 atom stereocenters. The van der Waals surface area contributed by atoms with Gasteiger partial charge in [-0.2, -0.15) is 0 Å². The molecular weight excluding hydrogens is 356 g/mol. The zero-order chi connectivity index (χ0) is 19.7. The molecule has 28 heavy (non-hydrogen) atoms. The van der Waals surface area contributed by atoms with Crippen molar-refractivity contribution in [1.29, 1.82) is 0 Å². The first-order valence-electron chi connectivity index (χ1n) is 9.95. The number of anilines is 1. The molecule has 0 bridgehead atoms. The molecule has 2 heterocycles. The Bertz CT molecular complexity index is 931. The van der Waals surface area contributed by atoms with Crippen LogP contribution in [0.2, 0.25) is 0 Å². The van der Waals surface area contributed by atoms with Crippen molar-refractivity contribution in [2.45, 2.75) is 44.1 Å². The van der Waals surface area contributed by atoms with Gasteiger partial charge in [-0.1, -0.05) is 30.3 Å². The largest absolute Gasteiger partial charge is 0.373 e. The lowest BCUT2D eigenvalue weighted by Crippen LogP contribution is -2.50. The minimum Gasteiger partial charge on any atom is -0.373 e. The van der Waals surface area contributed by atoms with Crippen molar-refractivity contribution in [2.24, 2.45) is 14.1 Å². The Morgan fingerprint density at radius 2 is 1.82 bits per heavy atom. The lowest BCUT2D eigenvalue weighted by molar-refractivity contribution is -0.0283. The van der Waals surface area contributed by atoms with Gasteiger partial charge in [0.25, 0.3) is 5.56 Å². The van der Waals surface area contributed by atoms with Crippen LogP contribution in [0.1, 0.15) is 24.8 Å². The van der Waals surface area contributed by atoms with Crippen molar-refractivity contribution in [3.63, 3.8) is 0 Å². The van der Waals surface area contributed by atoms with Crippen molar-refractivity contribution in [3.8, 4) is 0 Å². The second kappa shape index (κ2) is 7.93. The highest BCUT2D eigenvalue weighted by molar-refractivity contribution is 5.40. The van der Waals surface area contributed by atoms with E-state index < -0.39 is 0 Å². The standard InChI is InChI=1S/C21H28N4O3/c1-23-19(12-20(26)24(2)21(23)27)25-9-8-16(13-25)22-17-10-18(11-17)28-14-15-6-4-3-5-7-15/h3-7,12,16-18,22H,8-11,13-14H2,1-2H3/t16-,17?,18?/m0/s1. The van der Waals surface area contributed by atoms with Crippen molar-refractivity contribution in [1.82, 2.24) is 14.5 Å². The summed E-state index contributed by atoms with van der Waals surface area (Å²) in [7, 11) is 3.23. The molecule has 2 aliphatic rings. The van der Waals surface area contributed by atoms with E-state index in [1.54, 1.807) is 17.7 Å². The highest BCUT2D eigenvalue weighted by atomic mass is 16.5. The van der Waals surface area contributed by atoms with E-state index in [1.165, 1.54) is 12.6 Å². The fraction of sp³-hybridized carbons (Fsp3) is 0.524. The number of ether oxygens (including phenoxy) is 1. The molecule has 150 valence electrons. The number of nitrogens with one attached hydrogen (secondary N) is 1. The first kappa shape index (κ1) is 19.0. The molecule has 1 aliphatic heterocycles. The third-order valence-corrected chi connectivity index (χ3v) is 5.91. The van der Waals surface area contributed by atoms with E-state index >= 15 is 0 Å². The molecular formula is C21H28N4O3. The summed E-state index contributed by atoms with van der Waals surface area (Å²) in [6.45, 7) is 2.33. The van der Waals surface area contributed by atoms with Gasteiger partial charge in [0.1, 0.15) is 5.82 Å². The van der Waals surface area contributed by atoms with Gasteiger partial charge >= 0.3 is 5.69 Å². The number of benzene rings is 1. The van der Waals surface area contributed by atoms with Crippen molar-refractivity contribution in [2.75, 3.05) is 18.0 Å². The van der Waals surface area contributed by atoms with Crippen LogP contribution in [0.15, 0.2) is 46.0 Å². The summed E-state index contributed by atoms with van der Waals surface area (Å²) in [6.07, 6.45) is 3.41. The summed E-state index contributed by atoms with van der Waals surface area (Å²) in [6, 6.07) is 12.7. The summed E-state index contributed by atoms with van der Waals surface area (Å²) in [5.41, 5.74) is 0.674. The van der Waals surface area contributed by atoms with Crippen LogP contribution >= 0.6 is 0 Å². The normalized spacial score (nSPS) is 24.4. The molecule has 1 saturated heterocycles. The van der Waals surface area contributed by atoms with Crippen molar-refractivity contribution >= 4 is 5.82 Å². The highest BCUT2D eigenvalue weighted by Crippen LogP contribution is 2.26. The second-order valence-electron chi connectivity index (χ2n) is 7.93. The molecule has 1 saturated carbocycles. The zero-order valence-corrected chi connectivity index (χ0v) is 16.5. The minimum absolute atomic E-state index is 0.257. The van der Waals surface area contributed by atoms with Gasteiger partial charge in [-0.15, -0.1) is 0 Å². The van der Waals surface area contributed by atoms with Gasteiger partial charge in [-0.25, -0.2) is 4.79 Å². The molecule has 2 aromatic rings. The first-order valence-corrected chi connectivity index (χ1v) is 9.95. The van der Waals surface area contributed by atoms with E-state index in [4.69, 9.17) is 4.74 Å². The van der Waals surface area contributed by atoms with E-state index in [-0.39, 0.29) is 11.2 Å². The number of hydrogen-bond acceptors (Lipinski definition) is 5. The molecule has 0 radical (unpaired) electrons. The smallest absolute Gasteiger partial charge is 0.332 e. The van der Waals surface area contributed by atoms with Gasteiger partial charge in [-0.3, -0.25) is 13.9 Å². The Kier molecular flexibility index (Phi) is 5.37. The lowest BCUT2D eigenvalue weighted by Gasteiger charge is -2.37. The fourth-order valence-corrected chi connectivity index (χ4v) is 4.09. The number of aromatic nitrogens is 2. The molecule has 7 heteroatoms. The topological polar surface area (TPSA) is 68.5 Å². The van der Waals surface area contributed by atoms with Crippen LogP contribution in [0.3, 0.4) is 0 Å². The quantitative estimate of drug-likeness (QED) is 0.805. The Morgan fingerprint density at radius 3 is 2.57 bits per heavy atom. The Balaban J connectivity index is 1.25. The van der Waals surface area contributed by atoms with Crippen molar-refractivity contribution in [3.05, 3.63) is 62.8 Å². The summed E-state index contributed by atoms with van der Waals surface area (Å²) in [5.74, 6) is 0.704. The average molecular weight is 384 g/mol. The third kappa shape index (κ3) is 3.91. The van der Waals surface area contributed by atoms with E-state index in [9.17, 15) is 9.59 Å². The third-order valence-electron chi connectivity index (χ3n) is 5.91. The molecule has 7 nitrogen and oxygen atoms in total. The highest BCUT2D eigenvalue weighted by Gasteiger charge is 2.33. The fourth-order valence-electron chi connectivity index (χ4n) is 4.09. The Morgan fingerprint density at radius 1 is 1.07 bits per heavy atom. The number of hydrogen-bond donors (Lipinski definition) is 1. The summed E-state index contributed by atoms with van der Waals surface area (Å²) in [4.78, 5) is 26.3. The SMILES string of the molecule is Cn1c(N2CC[C@H](NC3CC(OCc4ccccc4)C3)C2)cc(=O)n(C)c1=O. The second-order valence-corrected chi connectivity index (χ2v) is 7.93. The number of rotatable bonds is 6. The molecule has 0 amide bonds. The first-order chi connectivity index (χ1) is 13.5.